The highest BCUT2D eigenvalue weighted by atomic mass is 32.2. The molecule has 0 heterocycles. The molecule has 0 aliphatic rings. The number of nitrogen functional groups attached to an aromatic ring is 1. The quantitative estimate of drug-likeness (QED) is 0.652. The monoisotopic (exact) mass is 286 g/mol. The Morgan fingerprint density at radius 1 is 1.10 bits per heavy atom. The van der Waals surface area contributed by atoms with Crippen LogP contribution in [0.25, 0.3) is 0 Å². The molecule has 0 atom stereocenters. The Labute approximate surface area is 123 Å². The minimum absolute atomic E-state index is 0.0475. The van der Waals surface area contributed by atoms with Crippen LogP contribution in [0.4, 0.5) is 11.4 Å². The highest BCUT2D eigenvalue weighted by molar-refractivity contribution is 7.99. The van der Waals surface area contributed by atoms with Crippen LogP contribution in [0.1, 0.15) is 12.5 Å². The topological polar surface area (TPSA) is 55.1 Å². The van der Waals surface area contributed by atoms with E-state index in [0.29, 0.717) is 0 Å². The summed E-state index contributed by atoms with van der Waals surface area (Å²) in [7, 11) is 0. The largest absolute Gasteiger partial charge is 0.399 e. The molecule has 1 amide bonds. The second-order valence-electron chi connectivity index (χ2n) is 4.55. The Kier molecular flexibility index (Phi) is 5.07. The number of nitrogens with two attached hydrogens (primary N) is 1. The lowest BCUT2D eigenvalue weighted by Crippen LogP contribution is -2.05. The fraction of sp³-hybridized carbons (Fsp3) is 0.188. The number of nitrogens with one attached hydrogen (secondary N) is 1. The van der Waals surface area contributed by atoms with Crippen LogP contribution >= 0.6 is 11.8 Å². The molecule has 0 bridgehead atoms. The van der Waals surface area contributed by atoms with Crippen molar-refractivity contribution in [2.75, 3.05) is 16.8 Å². The molecular formula is C16H18N2OS. The number of amides is 1. The molecule has 3 N–H and O–H groups in total. The van der Waals surface area contributed by atoms with Gasteiger partial charge in [0.05, 0.1) is 0 Å². The molecule has 0 fully saturated rings. The van der Waals surface area contributed by atoms with Gasteiger partial charge < -0.3 is 11.1 Å². The summed E-state index contributed by atoms with van der Waals surface area (Å²) >= 11 is 1.80. The minimum Gasteiger partial charge on any atom is -0.399 e. The molecule has 4 heteroatoms. The van der Waals surface area contributed by atoms with E-state index in [1.807, 2.05) is 36.4 Å². The van der Waals surface area contributed by atoms with Crippen LogP contribution in [-0.4, -0.2) is 11.7 Å². The minimum atomic E-state index is -0.0475. The SMILES string of the molecule is CC(=O)Nc1ccc(SCCc2ccc(N)cc2)cc1. The predicted molar refractivity (Wildman–Crippen MR) is 86.0 cm³/mol. The van der Waals surface area contributed by atoms with E-state index in [1.165, 1.54) is 17.4 Å². The van der Waals surface area contributed by atoms with Crippen molar-refractivity contribution in [3.8, 4) is 0 Å². The van der Waals surface area contributed by atoms with Gasteiger partial charge in [0.25, 0.3) is 0 Å². The van der Waals surface area contributed by atoms with E-state index in [1.54, 1.807) is 11.8 Å². The van der Waals surface area contributed by atoms with Crippen molar-refractivity contribution in [3.05, 3.63) is 54.1 Å². The lowest BCUT2D eigenvalue weighted by molar-refractivity contribution is -0.114. The average Bonchev–Trinajstić information content (AvgIpc) is 2.42. The number of anilines is 2. The van der Waals surface area contributed by atoms with Crippen LogP contribution in [0.5, 0.6) is 0 Å². The van der Waals surface area contributed by atoms with E-state index in [-0.39, 0.29) is 5.91 Å². The van der Waals surface area contributed by atoms with Gasteiger partial charge in [-0.25, -0.2) is 0 Å². The van der Waals surface area contributed by atoms with Crippen molar-refractivity contribution < 1.29 is 4.79 Å². The predicted octanol–water partition coefficient (Wildman–Crippen LogP) is 3.56. The molecule has 20 heavy (non-hydrogen) atoms. The number of carbonyl (C=O) groups excluding carboxylic acids is 1. The first-order chi connectivity index (χ1) is 9.63. The van der Waals surface area contributed by atoms with E-state index in [2.05, 4.69) is 17.4 Å². The van der Waals surface area contributed by atoms with Gasteiger partial charge in [-0.3, -0.25) is 4.79 Å². The Hall–Kier alpha value is -1.94. The maximum atomic E-state index is 10.9. The maximum Gasteiger partial charge on any atom is 0.221 e. The third-order valence-electron chi connectivity index (χ3n) is 2.81. The molecular weight excluding hydrogens is 268 g/mol. The van der Waals surface area contributed by atoms with Crippen LogP contribution < -0.4 is 11.1 Å². The van der Waals surface area contributed by atoms with Crippen molar-refractivity contribution in [1.29, 1.82) is 0 Å². The van der Waals surface area contributed by atoms with E-state index in [9.17, 15) is 4.79 Å². The summed E-state index contributed by atoms with van der Waals surface area (Å²) in [4.78, 5) is 12.1. The Bertz CT molecular complexity index is 564. The van der Waals surface area contributed by atoms with Gasteiger partial charge in [0.15, 0.2) is 0 Å². The van der Waals surface area contributed by atoms with E-state index in [0.717, 1.165) is 23.5 Å². The fourth-order valence-electron chi connectivity index (χ4n) is 1.81. The highest BCUT2D eigenvalue weighted by Crippen LogP contribution is 2.21. The molecule has 0 saturated carbocycles. The molecule has 0 radical (unpaired) electrons. The summed E-state index contributed by atoms with van der Waals surface area (Å²) in [6, 6.07) is 15.9. The van der Waals surface area contributed by atoms with Crippen LogP contribution in [0.2, 0.25) is 0 Å². The summed E-state index contributed by atoms with van der Waals surface area (Å²) in [5.41, 5.74) is 8.59. The van der Waals surface area contributed by atoms with Gasteiger partial charge in [0.2, 0.25) is 5.91 Å². The van der Waals surface area contributed by atoms with Crippen molar-refractivity contribution in [3.63, 3.8) is 0 Å². The molecule has 0 saturated heterocycles. The van der Waals surface area contributed by atoms with Gasteiger partial charge in [-0.2, -0.15) is 0 Å². The first-order valence-electron chi connectivity index (χ1n) is 6.48. The van der Waals surface area contributed by atoms with Crippen LogP contribution in [0.15, 0.2) is 53.4 Å². The first-order valence-corrected chi connectivity index (χ1v) is 7.47. The van der Waals surface area contributed by atoms with Gasteiger partial charge in [-0.15, -0.1) is 11.8 Å². The van der Waals surface area contributed by atoms with E-state index < -0.39 is 0 Å². The smallest absolute Gasteiger partial charge is 0.221 e. The first kappa shape index (κ1) is 14.5. The second kappa shape index (κ2) is 7.01. The van der Waals surface area contributed by atoms with Crippen LogP contribution in [0, 0.1) is 0 Å². The maximum absolute atomic E-state index is 10.9. The molecule has 0 spiro atoms. The number of rotatable bonds is 5. The van der Waals surface area contributed by atoms with Crippen LogP contribution in [-0.2, 0) is 11.2 Å². The summed E-state index contributed by atoms with van der Waals surface area (Å²) in [6.07, 6.45) is 1.01. The third-order valence-corrected chi connectivity index (χ3v) is 3.83. The summed E-state index contributed by atoms with van der Waals surface area (Å²) in [5, 5.41) is 2.76. The standard InChI is InChI=1S/C16H18N2OS/c1-12(19)18-15-6-8-16(9-7-15)20-11-10-13-2-4-14(17)5-3-13/h2-9H,10-11,17H2,1H3,(H,18,19). The molecule has 104 valence electrons. The summed E-state index contributed by atoms with van der Waals surface area (Å²) in [6.45, 7) is 1.51. The number of hydrogen-bond acceptors (Lipinski definition) is 3. The van der Waals surface area contributed by atoms with Gasteiger partial charge >= 0.3 is 0 Å². The Balaban J connectivity index is 1.82. The lowest BCUT2D eigenvalue weighted by Gasteiger charge is -2.05. The van der Waals surface area contributed by atoms with Crippen molar-refractivity contribution in [2.24, 2.45) is 0 Å². The third kappa shape index (κ3) is 4.63. The zero-order chi connectivity index (χ0) is 14.4. The molecule has 2 aromatic rings. The van der Waals surface area contributed by atoms with Crippen molar-refractivity contribution >= 4 is 29.0 Å². The molecule has 2 aromatic carbocycles. The van der Waals surface area contributed by atoms with Gasteiger partial charge in [-0.05, 0) is 48.4 Å². The number of benzene rings is 2. The number of hydrogen-bond donors (Lipinski definition) is 2. The van der Waals surface area contributed by atoms with E-state index >= 15 is 0 Å². The molecule has 0 aliphatic heterocycles. The molecule has 2 rings (SSSR count). The average molecular weight is 286 g/mol. The van der Waals surface area contributed by atoms with Gasteiger partial charge in [0.1, 0.15) is 0 Å². The highest BCUT2D eigenvalue weighted by Gasteiger charge is 1.98. The molecule has 0 unspecified atom stereocenters. The van der Waals surface area contributed by atoms with Crippen molar-refractivity contribution in [1.82, 2.24) is 0 Å². The molecule has 3 nitrogen and oxygen atoms in total. The summed E-state index contributed by atoms with van der Waals surface area (Å²) in [5.74, 6) is 0.970. The normalized spacial score (nSPS) is 10.2. The zero-order valence-corrected chi connectivity index (χ0v) is 12.2. The van der Waals surface area contributed by atoms with Crippen molar-refractivity contribution in [2.45, 2.75) is 18.2 Å². The number of thioether (sulfide) groups is 1. The molecule has 0 aromatic heterocycles. The zero-order valence-electron chi connectivity index (χ0n) is 11.4. The number of aryl methyl sites for hydroxylation is 1. The van der Waals surface area contributed by atoms with Gasteiger partial charge in [0, 0.05) is 28.9 Å². The summed E-state index contributed by atoms with van der Waals surface area (Å²) < 4.78 is 0. The van der Waals surface area contributed by atoms with E-state index in [4.69, 9.17) is 5.73 Å². The Morgan fingerprint density at radius 2 is 1.75 bits per heavy atom. The second-order valence-corrected chi connectivity index (χ2v) is 5.71. The van der Waals surface area contributed by atoms with Crippen LogP contribution in [0.3, 0.4) is 0 Å². The van der Waals surface area contributed by atoms with Gasteiger partial charge in [-0.1, -0.05) is 12.1 Å². The molecule has 0 aliphatic carbocycles. The lowest BCUT2D eigenvalue weighted by atomic mass is 10.2. The number of carbonyl (C=O) groups is 1. The Morgan fingerprint density at radius 3 is 2.35 bits per heavy atom. The fourth-order valence-corrected chi connectivity index (χ4v) is 2.71.